The van der Waals surface area contributed by atoms with Gasteiger partial charge in [0.1, 0.15) is 0 Å². The minimum absolute atomic E-state index is 0.125. The average molecular weight is 198 g/mol. The topological polar surface area (TPSA) is 40.5 Å². The fourth-order valence-corrected chi connectivity index (χ4v) is 1.41. The molecule has 0 saturated carbocycles. The highest BCUT2D eigenvalue weighted by atomic mass is 16.3. The van der Waals surface area contributed by atoms with Crippen molar-refractivity contribution in [1.82, 2.24) is 0 Å². The smallest absolute Gasteiger partial charge is 0.0662 e. The van der Waals surface area contributed by atoms with E-state index in [1.54, 1.807) is 5.57 Å². The van der Waals surface area contributed by atoms with Crippen LogP contribution in [0.4, 0.5) is 0 Å². The van der Waals surface area contributed by atoms with E-state index >= 15 is 0 Å². The van der Waals surface area contributed by atoms with Gasteiger partial charge in [-0.1, -0.05) is 23.8 Å². The molecule has 0 aromatic rings. The van der Waals surface area contributed by atoms with Gasteiger partial charge >= 0.3 is 0 Å². The summed E-state index contributed by atoms with van der Waals surface area (Å²) in [6.07, 6.45) is 6.17. The molecular formula is C12H22O2. The molecule has 1 aliphatic carbocycles. The van der Waals surface area contributed by atoms with Gasteiger partial charge in [0, 0.05) is 0 Å². The lowest BCUT2D eigenvalue weighted by Crippen LogP contribution is -2.04. The molecule has 0 saturated heterocycles. The molecule has 2 heteroatoms. The summed E-state index contributed by atoms with van der Waals surface area (Å²) >= 11 is 0. The molecule has 0 heterocycles. The van der Waals surface area contributed by atoms with E-state index in [0.29, 0.717) is 0 Å². The third kappa shape index (κ3) is 5.95. The summed E-state index contributed by atoms with van der Waals surface area (Å²) in [6, 6.07) is 0. The summed E-state index contributed by atoms with van der Waals surface area (Å²) in [5.41, 5.74) is 2.90. The Bertz CT molecular complexity index is 192. The summed E-state index contributed by atoms with van der Waals surface area (Å²) in [5, 5.41) is 15.2. The van der Waals surface area contributed by atoms with Crippen molar-refractivity contribution in [3.8, 4) is 0 Å². The monoisotopic (exact) mass is 198 g/mol. The van der Waals surface area contributed by atoms with Crippen molar-refractivity contribution < 1.29 is 10.2 Å². The van der Waals surface area contributed by atoms with Crippen molar-refractivity contribution in [2.24, 2.45) is 5.92 Å². The maximum absolute atomic E-state index is 7.62. The quantitative estimate of drug-likeness (QED) is 0.668. The predicted molar refractivity (Wildman–Crippen MR) is 60.1 cm³/mol. The van der Waals surface area contributed by atoms with Gasteiger partial charge in [0.15, 0.2) is 0 Å². The van der Waals surface area contributed by atoms with Crippen LogP contribution in [0.2, 0.25) is 0 Å². The van der Waals surface area contributed by atoms with Gasteiger partial charge in [-0.2, -0.15) is 0 Å². The van der Waals surface area contributed by atoms with Gasteiger partial charge in [-0.05, 0) is 39.0 Å². The molecule has 0 radical (unpaired) electrons. The highest BCUT2D eigenvalue weighted by Crippen LogP contribution is 2.27. The Balaban J connectivity index is 0.000000364. The first-order chi connectivity index (χ1) is 6.61. The van der Waals surface area contributed by atoms with E-state index in [1.165, 1.54) is 24.8 Å². The second-order valence-electron chi connectivity index (χ2n) is 3.82. The Kier molecular flexibility index (Phi) is 7.44. The second kappa shape index (κ2) is 7.77. The molecule has 0 fully saturated rings. The molecule has 0 amide bonds. The van der Waals surface area contributed by atoms with E-state index in [0.717, 1.165) is 5.92 Å². The SMILES string of the molecule is C=C(C)C1CC=C(C)CC1.OCCO. The van der Waals surface area contributed by atoms with Crippen LogP contribution in [0.1, 0.15) is 33.1 Å². The van der Waals surface area contributed by atoms with Crippen molar-refractivity contribution in [2.75, 3.05) is 13.2 Å². The van der Waals surface area contributed by atoms with Crippen LogP contribution in [-0.4, -0.2) is 23.4 Å². The van der Waals surface area contributed by atoms with Gasteiger partial charge in [-0.3, -0.25) is 0 Å². The summed E-state index contributed by atoms with van der Waals surface area (Å²) < 4.78 is 0. The lowest BCUT2D eigenvalue weighted by molar-refractivity contribution is 0.186. The first-order valence-corrected chi connectivity index (χ1v) is 5.14. The van der Waals surface area contributed by atoms with Crippen molar-refractivity contribution in [2.45, 2.75) is 33.1 Å². The first kappa shape index (κ1) is 13.4. The van der Waals surface area contributed by atoms with Gasteiger partial charge in [0.25, 0.3) is 0 Å². The number of hydrogen-bond acceptors (Lipinski definition) is 2. The highest BCUT2D eigenvalue weighted by Gasteiger charge is 2.11. The number of allylic oxidation sites excluding steroid dienone is 3. The standard InChI is InChI=1S/C10H16.C2H6O2/c1-8(2)10-6-4-9(3)5-7-10;3-1-2-4/h4,10H,1,5-7H2,2-3H3;3-4H,1-2H2. The number of rotatable bonds is 2. The van der Waals surface area contributed by atoms with Gasteiger partial charge in [-0.15, -0.1) is 0 Å². The van der Waals surface area contributed by atoms with E-state index in [9.17, 15) is 0 Å². The zero-order valence-electron chi connectivity index (χ0n) is 9.29. The number of aliphatic hydroxyl groups is 2. The van der Waals surface area contributed by atoms with Crippen LogP contribution in [0.5, 0.6) is 0 Å². The maximum Gasteiger partial charge on any atom is 0.0662 e. The number of aliphatic hydroxyl groups excluding tert-OH is 2. The molecule has 1 unspecified atom stereocenters. The molecule has 0 aliphatic heterocycles. The zero-order valence-corrected chi connectivity index (χ0v) is 9.29. The number of hydrogen-bond donors (Lipinski definition) is 2. The van der Waals surface area contributed by atoms with Crippen LogP contribution in [0.25, 0.3) is 0 Å². The molecule has 82 valence electrons. The van der Waals surface area contributed by atoms with Gasteiger partial charge in [-0.25, -0.2) is 0 Å². The van der Waals surface area contributed by atoms with E-state index in [-0.39, 0.29) is 13.2 Å². The predicted octanol–water partition coefficient (Wildman–Crippen LogP) is 2.28. The van der Waals surface area contributed by atoms with Crippen LogP contribution in [0.3, 0.4) is 0 Å². The van der Waals surface area contributed by atoms with Crippen molar-refractivity contribution in [3.05, 3.63) is 23.8 Å². The molecule has 1 rings (SSSR count). The molecule has 0 bridgehead atoms. The lowest BCUT2D eigenvalue weighted by Gasteiger charge is -2.19. The van der Waals surface area contributed by atoms with E-state index < -0.39 is 0 Å². The molecular weight excluding hydrogens is 176 g/mol. The van der Waals surface area contributed by atoms with Crippen LogP contribution >= 0.6 is 0 Å². The fourth-order valence-electron chi connectivity index (χ4n) is 1.41. The normalized spacial score (nSPS) is 20.6. The molecule has 0 aromatic carbocycles. The van der Waals surface area contributed by atoms with Crippen LogP contribution in [0.15, 0.2) is 23.8 Å². The van der Waals surface area contributed by atoms with Crippen molar-refractivity contribution in [1.29, 1.82) is 0 Å². The largest absolute Gasteiger partial charge is 0.394 e. The Morgan fingerprint density at radius 2 is 2.07 bits per heavy atom. The second-order valence-corrected chi connectivity index (χ2v) is 3.82. The molecule has 1 atom stereocenters. The summed E-state index contributed by atoms with van der Waals surface area (Å²) in [6.45, 7) is 8.08. The van der Waals surface area contributed by atoms with Crippen LogP contribution < -0.4 is 0 Å². The minimum atomic E-state index is -0.125. The average Bonchev–Trinajstić information content (AvgIpc) is 2.19. The van der Waals surface area contributed by atoms with Gasteiger partial charge in [0.2, 0.25) is 0 Å². The Labute approximate surface area is 87.0 Å². The lowest BCUT2D eigenvalue weighted by atomic mass is 9.86. The van der Waals surface area contributed by atoms with E-state index in [2.05, 4.69) is 26.5 Å². The molecule has 1 aliphatic rings. The first-order valence-electron chi connectivity index (χ1n) is 5.14. The Hall–Kier alpha value is -0.600. The summed E-state index contributed by atoms with van der Waals surface area (Å²) in [5.74, 6) is 0.767. The van der Waals surface area contributed by atoms with Crippen LogP contribution in [0, 0.1) is 5.92 Å². The Morgan fingerprint density at radius 3 is 2.36 bits per heavy atom. The van der Waals surface area contributed by atoms with Gasteiger partial charge in [0.05, 0.1) is 13.2 Å². The highest BCUT2D eigenvalue weighted by molar-refractivity contribution is 5.09. The van der Waals surface area contributed by atoms with Crippen molar-refractivity contribution in [3.63, 3.8) is 0 Å². The van der Waals surface area contributed by atoms with E-state index in [4.69, 9.17) is 10.2 Å². The molecule has 2 nitrogen and oxygen atoms in total. The maximum atomic E-state index is 7.62. The van der Waals surface area contributed by atoms with Crippen molar-refractivity contribution >= 4 is 0 Å². The van der Waals surface area contributed by atoms with E-state index in [1.807, 2.05) is 0 Å². The van der Waals surface area contributed by atoms with Crippen LogP contribution in [-0.2, 0) is 0 Å². The molecule has 2 N–H and O–H groups in total. The summed E-state index contributed by atoms with van der Waals surface area (Å²) in [4.78, 5) is 0. The molecule has 0 spiro atoms. The summed E-state index contributed by atoms with van der Waals surface area (Å²) in [7, 11) is 0. The zero-order chi connectivity index (χ0) is 11.0. The molecule has 0 aromatic heterocycles. The third-order valence-electron chi connectivity index (χ3n) is 2.43. The van der Waals surface area contributed by atoms with Gasteiger partial charge < -0.3 is 10.2 Å². The molecule has 14 heavy (non-hydrogen) atoms. The fraction of sp³-hybridized carbons (Fsp3) is 0.667. The minimum Gasteiger partial charge on any atom is -0.394 e. The Morgan fingerprint density at radius 1 is 1.50 bits per heavy atom. The third-order valence-corrected chi connectivity index (χ3v) is 2.43.